The van der Waals surface area contributed by atoms with Crippen LogP contribution in [0.2, 0.25) is 0 Å². The van der Waals surface area contributed by atoms with E-state index in [9.17, 15) is 4.79 Å². The number of ether oxygens (including phenoxy) is 2. The van der Waals surface area contributed by atoms with Crippen molar-refractivity contribution < 1.29 is 14.3 Å². The monoisotopic (exact) mass is 239 g/mol. The van der Waals surface area contributed by atoms with Crippen LogP contribution in [0.5, 0.6) is 0 Å². The van der Waals surface area contributed by atoms with E-state index in [1.54, 1.807) is 13.1 Å². The number of ketones is 1. The molecule has 86 valence electrons. The lowest BCUT2D eigenvalue weighted by Gasteiger charge is -2.24. The van der Waals surface area contributed by atoms with Gasteiger partial charge in [-0.25, -0.2) is 4.98 Å². The van der Waals surface area contributed by atoms with Crippen molar-refractivity contribution >= 4 is 17.1 Å². The van der Waals surface area contributed by atoms with Gasteiger partial charge in [0.15, 0.2) is 10.8 Å². The highest BCUT2D eigenvalue weighted by Gasteiger charge is 2.53. The summed E-state index contributed by atoms with van der Waals surface area (Å²) in [5, 5.41) is 0.803. The van der Waals surface area contributed by atoms with Gasteiger partial charge in [0, 0.05) is 19.0 Å². The molecule has 0 N–H and O–H groups in total. The minimum Gasteiger partial charge on any atom is -0.341 e. The Bertz CT molecular complexity index is 419. The Hall–Kier alpha value is -0.780. The van der Waals surface area contributed by atoms with Gasteiger partial charge in [-0.1, -0.05) is 0 Å². The number of aromatic nitrogens is 1. The molecule has 1 aliphatic carbocycles. The van der Waals surface area contributed by atoms with Crippen molar-refractivity contribution in [3.05, 3.63) is 16.1 Å². The molecule has 3 rings (SSSR count). The third-order valence-electron chi connectivity index (χ3n) is 2.98. The van der Waals surface area contributed by atoms with E-state index in [1.807, 2.05) is 0 Å². The van der Waals surface area contributed by atoms with Crippen LogP contribution in [0.4, 0.5) is 0 Å². The number of hydrogen-bond acceptors (Lipinski definition) is 5. The molecule has 2 heterocycles. The summed E-state index contributed by atoms with van der Waals surface area (Å²) in [6, 6.07) is 0. The standard InChI is InChI=1S/C11H13NO3S/c1-7(13)9-6-12-10(16-9)11(8-2-3-8)14-4-5-15-11/h6,8H,2-5H2,1H3. The smallest absolute Gasteiger partial charge is 0.225 e. The first-order valence-electron chi connectivity index (χ1n) is 5.47. The zero-order valence-corrected chi connectivity index (χ0v) is 9.88. The number of carbonyl (C=O) groups is 1. The molecule has 2 fully saturated rings. The van der Waals surface area contributed by atoms with Crippen LogP contribution in [0, 0.1) is 5.92 Å². The molecule has 5 heteroatoms. The Morgan fingerprint density at radius 3 is 2.69 bits per heavy atom. The topological polar surface area (TPSA) is 48.4 Å². The molecule has 0 radical (unpaired) electrons. The Morgan fingerprint density at radius 2 is 2.19 bits per heavy atom. The molecule has 4 nitrogen and oxygen atoms in total. The summed E-state index contributed by atoms with van der Waals surface area (Å²) in [5.74, 6) is -0.174. The quantitative estimate of drug-likeness (QED) is 0.756. The predicted molar refractivity (Wildman–Crippen MR) is 58.4 cm³/mol. The van der Waals surface area contributed by atoms with E-state index in [0.29, 0.717) is 24.0 Å². The van der Waals surface area contributed by atoms with Gasteiger partial charge in [-0.3, -0.25) is 4.79 Å². The largest absolute Gasteiger partial charge is 0.341 e. The van der Waals surface area contributed by atoms with Crippen molar-refractivity contribution in [3.8, 4) is 0 Å². The normalized spacial score (nSPS) is 23.6. The van der Waals surface area contributed by atoms with Gasteiger partial charge < -0.3 is 9.47 Å². The van der Waals surface area contributed by atoms with Gasteiger partial charge in [-0.2, -0.15) is 0 Å². The predicted octanol–water partition coefficient (Wildman–Crippen LogP) is 1.96. The van der Waals surface area contributed by atoms with Crippen LogP contribution in [0.3, 0.4) is 0 Å². The van der Waals surface area contributed by atoms with E-state index in [-0.39, 0.29) is 5.78 Å². The van der Waals surface area contributed by atoms with Crippen LogP contribution in [0.1, 0.15) is 34.4 Å². The van der Waals surface area contributed by atoms with Crippen LogP contribution in [0.25, 0.3) is 0 Å². The first-order chi connectivity index (χ1) is 7.72. The van der Waals surface area contributed by atoms with Gasteiger partial charge in [0.2, 0.25) is 5.79 Å². The third-order valence-corrected chi connectivity index (χ3v) is 4.18. The minimum atomic E-state index is -0.641. The van der Waals surface area contributed by atoms with Gasteiger partial charge in [0.1, 0.15) is 0 Å². The Balaban J connectivity index is 1.96. The van der Waals surface area contributed by atoms with Crippen LogP contribution < -0.4 is 0 Å². The SMILES string of the molecule is CC(=O)c1cnc(C2(C3CC3)OCCO2)s1. The number of Topliss-reactive ketones (excluding diaryl/α,β-unsaturated/α-hetero) is 1. The average molecular weight is 239 g/mol. The number of rotatable bonds is 3. The van der Waals surface area contributed by atoms with Crippen molar-refractivity contribution in [3.63, 3.8) is 0 Å². The second kappa shape index (κ2) is 3.61. The van der Waals surface area contributed by atoms with Gasteiger partial charge in [-0.15, -0.1) is 11.3 Å². The van der Waals surface area contributed by atoms with Crippen molar-refractivity contribution in [1.82, 2.24) is 4.98 Å². The maximum atomic E-state index is 11.3. The lowest BCUT2D eigenvalue weighted by Crippen LogP contribution is -2.29. The highest BCUT2D eigenvalue weighted by Crippen LogP contribution is 2.51. The van der Waals surface area contributed by atoms with E-state index < -0.39 is 5.79 Å². The summed E-state index contributed by atoms with van der Waals surface area (Å²) in [7, 11) is 0. The molecule has 1 aromatic rings. The molecule has 0 spiro atoms. The molecule has 16 heavy (non-hydrogen) atoms. The van der Waals surface area contributed by atoms with Crippen LogP contribution >= 0.6 is 11.3 Å². The fourth-order valence-electron chi connectivity index (χ4n) is 2.02. The van der Waals surface area contributed by atoms with Crippen molar-refractivity contribution in [2.75, 3.05) is 13.2 Å². The maximum Gasteiger partial charge on any atom is 0.225 e. The van der Waals surface area contributed by atoms with Crippen molar-refractivity contribution in [2.24, 2.45) is 5.92 Å². The first-order valence-corrected chi connectivity index (χ1v) is 6.29. The second-order valence-corrected chi connectivity index (χ2v) is 5.26. The summed E-state index contributed by atoms with van der Waals surface area (Å²) < 4.78 is 11.5. The highest BCUT2D eigenvalue weighted by atomic mass is 32.1. The van der Waals surface area contributed by atoms with E-state index in [2.05, 4.69) is 4.98 Å². The number of nitrogens with zero attached hydrogens (tertiary/aromatic N) is 1. The van der Waals surface area contributed by atoms with Gasteiger partial charge in [0.05, 0.1) is 18.1 Å². The molecule has 0 bridgehead atoms. The van der Waals surface area contributed by atoms with E-state index in [0.717, 1.165) is 17.8 Å². The number of thiazole rings is 1. The summed E-state index contributed by atoms with van der Waals surface area (Å²) in [4.78, 5) is 16.2. The van der Waals surface area contributed by atoms with Crippen LogP contribution in [-0.2, 0) is 15.3 Å². The molecule has 0 atom stereocenters. The molecule has 0 unspecified atom stereocenters. The molecule has 1 aromatic heterocycles. The maximum absolute atomic E-state index is 11.3. The van der Waals surface area contributed by atoms with Crippen molar-refractivity contribution in [2.45, 2.75) is 25.6 Å². The second-order valence-electron chi connectivity index (χ2n) is 4.22. The molecule has 1 saturated heterocycles. The minimum absolute atomic E-state index is 0.0488. The molecular formula is C11H13NO3S. The molecular weight excluding hydrogens is 226 g/mol. The molecule has 2 aliphatic rings. The lowest BCUT2D eigenvalue weighted by molar-refractivity contribution is -0.182. The number of hydrogen-bond donors (Lipinski definition) is 0. The molecule has 1 aliphatic heterocycles. The highest BCUT2D eigenvalue weighted by molar-refractivity contribution is 7.13. The van der Waals surface area contributed by atoms with Crippen LogP contribution in [-0.4, -0.2) is 24.0 Å². The third kappa shape index (κ3) is 1.50. The molecule has 1 saturated carbocycles. The number of carbonyl (C=O) groups excluding carboxylic acids is 1. The van der Waals surface area contributed by atoms with Gasteiger partial charge in [-0.05, 0) is 12.8 Å². The first kappa shape index (κ1) is 10.4. The Labute approximate surface area is 97.6 Å². The fraction of sp³-hybridized carbons (Fsp3) is 0.636. The van der Waals surface area contributed by atoms with Gasteiger partial charge >= 0.3 is 0 Å². The average Bonchev–Trinajstić information content (AvgIpc) is 2.84. The zero-order valence-electron chi connectivity index (χ0n) is 9.06. The molecule has 0 amide bonds. The van der Waals surface area contributed by atoms with E-state index in [1.165, 1.54) is 11.3 Å². The van der Waals surface area contributed by atoms with E-state index in [4.69, 9.17) is 9.47 Å². The molecule has 0 aromatic carbocycles. The van der Waals surface area contributed by atoms with Gasteiger partial charge in [0.25, 0.3) is 0 Å². The van der Waals surface area contributed by atoms with Crippen molar-refractivity contribution in [1.29, 1.82) is 0 Å². The zero-order chi connectivity index (χ0) is 11.2. The summed E-state index contributed by atoms with van der Waals surface area (Å²) in [5.41, 5.74) is 0. The lowest BCUT2D eigenvalue weighted by atomic mass is 10.2. The summed E-state index contributed by atoms with van der Waals surface area (Å²) >= 11 is 1.39. The fourth-order valence-corrected chi connectivity index (χ4v) is 3.01. The van der Waals surface area contributed by atoms with E-state index >= 15 is 0 Å². The Kier molecular flexibility index (Phi) is 2.34. The van der Waals surface area contributed by atoms with Crippen LogP contribution in [0.15, 0.2) is 6.20 Å². The Morgan fingerprint density at radius 1 is 1.50 bits per heavy atom. The summed E-state index contributed by atoms with van der Waals surface area (Å²) in [6.45, 7) is 2.79. The summed E-state index contributed by atoms with van der Waals surface area (Å²) in [6.07, 6.45) is 3.86.